The SMILES string of the molecule is CCCCn1/c(=C/C=C/C2=[N+](CCCC)c3cccc4cccc2c34)c2cccc3cccc1c32.[I-]. The van der Waals surface area contributed by atoms with Crippen molar-refractivity contribution in [1.82, 2.24) is 4.57 Å². The van der Waals surface area contributed by atoms with E-state index in [1.807, 2.05) is 0 Å². The molecule has 2 heterocycles. The van der Waals surface area contributed by atoms with E-state index in [1.54, 1.807) is 0 Å². The van der Waals surface area contributed by atoms with Crippen LogP contribution in [0.3, 0.4) is 0 Å². The summed E-state index contributed by atoms with van der Waals surface area (Å²) < 4.78 is 5.05. The fourth-order valence-corrected chi connectivity index (χ4v) is 5.77. The van der Waals surface area contributed by atoms with Gasteiger partial charge in [-0.1, -0.05) is 87.4 Å². The van der Waals surface area contributed by atoms with E-state index in [0.717, 1.165) is 13.1 Å². The molecule has 3 heteroatoms. The Hall–Kier alpha value is -2.92. The monoisotopic (exact) mass is 584 g/mol. The Bertz CT molecular complexity index is 1660. The third kappa shape index (κ3) is 4.07. The number of benzene rings is 4. The molecule has 1 aliphatic rings. The van der Waals surface area contributed by atoms with Crippen LogP contribution >= 0.6 is 0 Å². The Morgan fingerprint density at radius 3 is 2.25 bits per heavy atom. The van der Waals surface area contributed by atoms with Crippen LogP contribution in [-0.2, 0) is 6.54 Å². The number of nitrogens with zero attached hydrogens (tertiary/aromatic N) is 2. The molecule has 0 radical (unpaired) electrons. The van der Waals surface area contributed by atoms with Crippen LogP contribution in [0, 0.1) is 0 Å². The van der Waals surface area contributed by atoms with Gasteiger partial charge >= 0.3 is 0 Å². The highest BCUT2D eigenvalue weighted by atomic mass is 127. The third-order valence-corrected chi connectivity index (χ3v) is 7.46. The molecule has 0 atom stereocenters. The molecule has 5 aromatic rings. The van der Waals surface area contributed by atoms with Crippen LogP contribution in [0.25, 0.3) is 38.5 Å². The Morgan fingerprint density at radius 1 is 0.778 bits per heavy atom. The van der Waals surface area contributed by atoms with Gasteiger partial charge in [0.2, 0.25) is 11.4 Å². The summed E-state index contributed by atoms with van der Waals surface area (Å²) in [4.78, 5) is 0. The van der Waals surface area contributed by atoms with Crippen molar-refractivity contribution in [3.05, 3.63) is 95.9 Å². The summed E-state index contributed by atoms with van der Waals surface area (Å²) in [6.07, 6.45) is 11.7. The number of rotatable bonds is 8. The minimum atomic E-state index is 0. The highest BCUT2D eigenvalue weighted by Gasteiger charge is 2.29. The quantitative estimate of drug-likeness (QED) is 0.184. The molecule has 1 aliphatic heterocycles. The van der Waals surface area contributed by atoms with Crippen LogP contribution in [0.2, 0.25) is 0 Å². The first kappa shape index (κ1) is 24.8. The zero-order chi connectivity index (χ0) is 23.8. The Balaban J connectivity index is 0.00000267. The standard InChI is InChI=1S/C33H33N2.HI/c1-3-5-22-34-28(26-16-7-12-24-14-9-20-30(34)32(24)26)18-11-19-29-27-17-8-13-25-15-10-21-31(33(25)27)35(29)23-6-4-2;/h7-21H,3-6,22-23H2,1-2H3;1H/q+1;/p-1. The second-order valence-electron chi connectivity index (χ2n) is 9.67. The molecular weight excluding hydrogens is 551 g/mol. The fraction of sp³-hybridized carbons (Fsp3) is 0.242. The van der Waals surface area contributed by atoms with Gasteiger partial charge in [0, 0.05) is 46.7 Å². The number of hydrogen-bond acceptors (Lipinski definition) is 0. The van der Waals surface area contributed by atoms with Crippen LogP contribution < -0.4 is 29.3 Å². The van der Waals surface area contributed by atoms with Crippen molar-refractivity contribution in [1.29, 1.82) is 0 Å². The molecule has 2 nitrogen and oxygen atoms in total. The number of aromatic nitrogens is 1. The molecule has 182 valence electrons. The first-order chi connectivity index (χ1) is 17.3. The van der Waals surface area contributed by atoms with E-state index in [-0.39, 0.29) is 24.0 Å². The Morgan fingerprint density at radius 2 is 1.47 bits per heavy atom. The van der Waals surface area contributed by atoms with Gasteiger partial charge in [0.15, 0.2) is 0 Å². The maximum Gasteiger partial charge on any atom is 0.214 e. The fourth-order valence-electron chi connectivity index (χ4n) is 5.77. The average Bonchev–Trinajstić information content (AvgIpc) is 3.37. The van der Waals surface area contributed by atoms with Crippen molar-refractivity contribution in [3.63, 3.8) is 0 Å². The van der Waals surface area contributed by atoms with Crippen molar-refractivity contribution in [3.8, 4) is 0 Å². The normalized spacial score (nSPS) is 13.7. The van der Waals surface area contributed by atoms with E-state index < -0.39 is 0 Å². The second-order valence-corrected chi connectivity index (χ2v) is 9.67. The molecule has 0 aliphatic carbocycles. The van der Waals surface area contributed by atoms with Gasteiger partial charge < -0.3 is 28.5 Å². The lowest BCUT2D eigenvalue weighted by atomic mass is 10.0. The lowest BCUT2D eigenvalue weighted by Crippen LogP contribution is -3.00. The van der Waals surface area contributed by atoms with Crippen molar-refractivity contribution >= 4 is 49.9 Å². The summed E-state index contributed by atoms with van der Waals surface area (Å²) in [5.74, 6) is 0. The molecule has 1 aromatic heterocycles. The molecule has 0 saturated heterocycles. The van der Waals surface area contributed by atoms with Crippen LogP contribution in [0.5, 0.6) is 0 Å². The van der Waals surface area contributed by atoms with Gasteiger partial charge in [0.05, 0.1) is 10.9 Å². The van der Waals surface area contributed by atoms with Gasteiger partial charge in [0.25, 0.3) is 0 Å². The Labute approximate surface area is 230 Å². The summed E-state index contributed by atoms with van der Waals surface area (Å²) in [6, 6.07) is 26.8. The van der Waals surface area contributed by atoms with Crippen molar-refractivity contribution in [2.45, 2.75) is 46.1 Å². The van der Waals surface area contributed by atoms with E-state index >= 15 is 0 Å². The van der Waals surface area contributed by atoms with Gasteiger partial charge in [-0.3, -0.25) is 0 Å². The molecule has 0 spiro atoms. The molecule has 0 bridgehead atoms. The minimum Gasteiger partial charge on any atom is -1.00 e. The van der Waals surface area contributed by atoms with E-state index in [2.05, 4.69) is 114 Å². The van der Waals surface area contributed by atoms with Crippen LogP contribution in [0.1, 0.15) is 45.1 Å². The van der Waals surface area contributed by atoms with Crippen molar-refractivity contribution < 1.29 is 28.6 Å². The van der Waals surface area contributed by atoms with E-state index in [4.69, 9.17) is 0 Å². The predicted octanol–water partition coefficient (Wildman–Crippen LogP) is 4.75. The molecule has 0 unspecified atom stereocenters. The van der Waals surface area contributed by atoms with Crippen molar-refractivity contribution in [2.24, 2.45) is 0 Å². The van der Waals surface area contributed by atoms with E-state index in [9.17, 15) is 0 Å². The zero-order valence-electron chi connectivity index (χ0n) is 21.2. The molecule has 4 aromatic carbocycles. The minimum absolute atomic E-state index is 0. The smallest absolute Gasteiger partial charge is 0.214 e. The number of hydrogen-bond donors (Lipinski definition) is 0. The van der Waals surface area contributed by atoms with Crippen molar-refractivity contribution in [2.75, 3.05) is 6.54 Å². The summed E-state index contributed by atoms with van der Waals surface area (Å²) in [6.45, 7) is 6.64. The summed E-state index contributed by atoms with van der Waals surface area (Å²) in [7, 11) is 0. The van der Waals surface area contributed by atoms with Crippen LogP contribution in [-0.4, -0.2) is 21.4 Å². The molecule has 0 N–H and O–H groups in total. The first-order valence-electron chi connectivity index (χ1n) is 13.2. The molecule has 0 fully saturated rings. The van der Waals surface area contributed by atoms with Crippen LogP contribution in [0.15, 0.2) is 84.9 Å². The summed E-state index contributed by atoms with van der Waals surface area (Å²) in [5.41, 5.74) is 5.36. The summed E-state index contributed by atoms with van der Waals surface area (Å²) >= 11 is 0. The average molecular weight is 585 g/mol. The zero-order valence-corrected chi connectivity index (χ0v) is 23.3. The number of unbranched alkanes of at least 4 members (excludes halogenated alkanes) is 2. The highest BCUT2D eigenvalue weighted by molar-refractivity contribution is 6.20. The van der Waals surface area contributed by atoms with E-state index in [0.29, 0.717) is 0 Å². The van der Waals surface area contributed by atoms with Gasteiger partial charge in [-0.15, -0.1) is 0 Å². The first-order valence-corrected chi connectivity index (χ1v) is 13.2. The highest BCUT2D eigenvalue weighted by Crippen LogP contribution is 2.35. The third-order valence-electron chi connectivity index (χ3n) is 7.46. The topological polar surface area (TPSA) is 7.94 Å². The summed E-state index contributed by atoms with van der Waals surface area (Å²) in [5, 5.41) is 8.10. The number of aryl methyl sites for hydroxylation is 1. The largest absolute Gasteiger partial charge is 1.00 e. The maximum atomic E-state index is 2.52. The Kier molecular flexibility index (Phi) is 7.29. The predicted molar refractivity (Wildman–Crippen MR) is 151 cm³/mol. The van der Waals surface area contributed by atoms with Gasteiger partial charge in [-0.2, -0.15) is 4.58 Å². The van der Waals surface area contributed by atoms with Gasteiger partial charge in [0.1, 0.15) is 6.54 Å². The van der Waals surface area contributed by atoms with Gasteiger partial charge in [-0.25, -0.2) is 0 Å². The molecule has 0 saturated carbocycles. The lowest BCUT2D eigenvalue weighted by Gasteiger charge is -2.05. The molecule has 0 amide bonds. The number of halogens is 1. The van der Waals surface area contributed by atoms with E-state index in [1.165, 1.54) is 80.4 Å². The molecule has 6 rings (SSSR count). The maximum absolute atomic E-state index is 2.52. The second kappa shape index (κ2) is 10.6. The molecule has 36 heavy (non-hydrogen) atoms. The van der Waals surface area contributed by atoms with Gasteiger partial charge in [-0.05, 0) is 35.4 Å². The lowest BCUT2D eigenvalue weighted by molar-refractivity contribution is -0.436. The molecular formula is C33H33IN2. The van der Waals surface area contributed by atoms with Crippen LogP contribution in [0.4, 0.5) is 5.69 Å². The number of allylic oxidation sites excluding steroid dienone is 2.